The van der Waals surface area contributed by atoms with Crippen molar-refractivity contribution in [3.63, 3.8) is 0 Å². The van der Waals surface area contributed by atoms with E-state index in [0.717, 1.165) is 5.56 Å². The highest BCUT2D eigenvalue weighted by atomic mass is 16.5. The zero-order chi connectivity index (χ0) is 12.8. The van der Waals surface area contributed by atoms with Crippen molar-refractivity contribution in [1.29, 1.82) is 0 Å². The molecule has 1 heterocycles. The van der Waals surface area contributed by atoms with Crippen LogP contribution in [0.4, 0.5) is 0 Å². The Labute approximate surface area is 104 Å². The van der Waals surface area contributed by atoms with Gasteiger partial charge in [-0.15, -0.1) is 0 Å². The molecule has 0 saturated heterocycles. The van der Waals surface area contributed by atoms with Crippen LogP contribution in [0, 0.1) is 0 Å². The lowest BCUT2D eigenvalue weighted by Gasteiger charge is -2.11. The molecule has 3 N–H and O–H groups in total. The van der Waals surface area contributed by atoms with Gasteiger partial charge in [-0.05, 0) is 12.0 Å². The quantitative estimate of drug-likeness (QED) is 0.789. The first-order valence-electron chi connectivity index (χ1n) is 5.58. The molecule has 0 fully saturated rings. The molecule has 1 amide bonds. The molecule has 94 valence electrons. The molecular weight excluding hydrogens is 232 g/mol. The van der Waals surface area contributed by atoms with Gasteiger partial charge in [0.05, 0.1) is 12.6 Å². The van der Waals surface area contributed by atoms with Gasteiger partial charge in [0.15, 0.2) is 5.82 Å². The third-order valence-corrected chi connectivity index (χ3v) is 2.46. The van der Waals surface area contributed by atoms with Crippen LogP contribution >= 0.6 is 0 Å². The van der Waals surface area contributed by atoms with Gasteiger partial charge in [0, 0.05) is 0 Å². The van der Waals surface area contributed by atoms with Crippen LogP contribution in [-0.4, -0.2) is 22.1 Å². The number of benzene rings is 1. The van der Waals surface area contributed by atoms with Crippen LogP contribution in [0.5, 0.6) is 0 Å². The molecular formula is C12H14N4O2. The van der Waals surface area contributed by atoms with Crippen molar-refractivity contribution in [2.75, 3.05) is 0 Å². The summed E-state index contributed by atoms with van der Waals surface area (Å²) >= 11 is 0. The summed E-state index contributed by atoms with van der Waals surface area (Å²) in [6.07, 6.45) is 1.71. The first-order valence-corrected chi connectivity index (χ1v) is 5.58. The molecule has 2 rings (SSSR count). The second-order valence-electron chi connectivity index (χ2n) is 3.86. The molecule has 1 aromatic carbocycles. The molecule has 18 heavy (non-hydrogen) atoms. The molecule has 0 aliphatic rings. The predicted molar refractivity (Wildman–Crippen MR) is 64.3 cm³/mol. The smallest absolute Gasteiger partial charge is 0.237 e. The zero-order valence-electron chi connectivity index (χ0n) is 9.74. The fourth-order valence-corrected chi connectivity index (χ4v) is 1.53. The summed E-state index contributed by atoms with van der Waals surface area (Å²) in [4.78, 5) is 15.5. The number of carbonyl (C=O) groups is 1. The molecule has 6 nitrogen and oxygen atoms in total. The fraction of sp³-hybridized carbons (Fsp3) is 0.250. The third-order valence-electron chi connectivity index (χ3n) is 2.46. The van der Waals surface area contributed by atoms with Gasteiger partial charge < -0.3 is 15.6 Å². The Balaban J connectivity index is 1.82. The van der Waals surface area contributed by atoms with E-state index in [0.29, 0.717) is 12.2 Å². The van der Waals surface area contributed by atoms with Crippen molar-refractivity contribution in [2.45, 2.75) is 19.0 Å². The number of nitrogens with two attached hydrogens (primary N) is 1. The number of nitrogens with one attached hydrogen (secondary N) is 1. The van der Waals surface area contributed by atoms with E-state index < -0.39 is 6.04 Å². The summed E-state index contributed by atoms with van der Waals surface area (Å²) < 4.78 is 4.56. The lowest BCUT2D eigenvalue weighted by Crippen LogP contribution is -2.41. The highest BCUT2D eigenvalue weighted by Gasteiger charge is 2.14. The first kappa shape index (κ1) is 12.3. The van der Waals surface area contributed by atoms with Crippen LogP contribution < -0.4 is 11.1 Å². The topological polar surface area (TPSA) is 94.0 Å². The van der Waals surface area contributed by atoms with Gasteiger partial charge in [0.2, 0.25) is 12.3 Å². The normalized spacial score (nSPS) is 12.1. The van der Waals surface area contributed by atoms with E-state index in [9.17, 15) is 4.79 Å². The lowest BCUT2D eigenvalue weighted by molar-refractivity contribution is -0.122. The van der Waals surface area contributed by atoms with Gasteiger partial charge in [-0.1, -0.05) is 35.5 Å². The Morgan fingerprint density at radius 1 is 1.39 bits per heavy atom. The van der Waals surface area contributed by atoms with Crippen LogP contribution in [0.3, 0.4) is 0 Å². The molecule has 1 atom stereocenters. The van der Waals surface area contributed by atoms with Gasteiger partial charge in [-0.3, -0.25) is 4.79 Å². The SMILES string of the molecule is N[C@H](Cc1ccccc1)C(=O)NCc1ncon1. The molecule has 0 aliphatic heterocycles. The van der Waals surface area contributed by atoms with Crippen molar-refractivity contribution >= 4 is 5.91 Å². The summed E-state index contributed by atoms with van der Waals surface area (Å²) in [6.45, 7) is 0.220. The van der Waals surface area contributed by atoms with Crippen LogP contribution in [0.2, 0.25) is 0 Å². The van der Waals surface area contributed by atoms with Crippen LogP contribution in [0.25, 0.3) is 0 Å². The van der Waals surface area contributed by atoms with Gasteiger partial charge in [-0.25, -0.2) is 0 Å². The van der Waals surface area contributed by atoms with E-state index in [1.807, 2.05) is 30.3 Å². The van der Waals surface area contributed by atoms with Gasteiger partial charge in [0.25, 0.3) is 0 Å². The summed E-state index contributed by atoms with van der Waals surface area (Å²) in [5, 5.41) is 6.25. The number of amides is 1. The number of rotatable bonds is 5. The zero-order valence-corrected chi connectivity index (χ0v) is 9.74. The Hall–Kier alpha value is -2.21. The predicted octanol–water partition coefficient (Wildman–Crippen LogP) is 0.256. The van der Waals surface area contributed by atoms with E-state index in [2.05, 4.69) is 20.0 Å². The Morgan fingerprint density at radius 2 is 2.17 bits per heavy atom. The Kier molecular flexibility index (Phi) is 4.03. The molecule has 0 spiro atoms. The minimum absolute atomic E-state index is 0.220. The molecule has 0 saturated carbocycles. The molecule has 6 heteroatoms. The molecule has 0 bridgehead atoms. The average molecular weight is 246 g/mol. The molecule has 1 aromatic heterocycles. The minimum Gasteiger partial charge on any atom is -0.347 e. The molecule has 0 radical (unpaired) electrons. The number of hydrogen-bond acceptors (Lipinski definition) is 5. The van der Waals surface area contributed by atoms with E-state index in [-0.39, 0.29) is 12.5 Å². The number of aromatic nitrogens is 2. The summed E-state index contributed by atoms with van der Waals surface area (Å²) in [5.74, 6) is 0.193. The number of hydrogen-bond donors (Lipinski definition) is 2. The van der Waals surface area contributed by atoms with Crippen LogP contribution in [0.1, 0.15) is 11.4 Å². The highest BCUT2D eigenvalue weighted by molar-refractivity contribution is 5.81. The lowest BCUT2D eigenvalue weighted by atomic mass is 10.1. The third kappa shape index (κ3) is 3.39. The summed E-state index contributed by atoms with van der Waals surface area (Å²) in [5.41, 5.74) is 6.84. The monoisotopic (exact) mass is 246 g/mol. The molecule has 0 unspecified atom stereocenters. The average Bonchev–Trinajstić information content (AvgIpc) is 2.90. The van der Waals surface area contributed by atoms with Crippen molar-refractivity contribution in [1.82, 2.24) is 15.5 Å². The van der Waals surface area contributed by atoms with E-state index >= 15 is 0 Å². The maximum absolute atomic E-state index is 11.7. The van der Waals surface area contributed by atoms with Crippen LogP contribution in [-0.2, 0) is 17.8 Å². The van der Waals surface area contributed by atoms with Crippen molar-refractivity contribution < 1.29 is 9.32 Å². The second kappa shape index (κ2) is 5.92. The minimum atomic E-state index is -0.584. The van der Waals surface area contributed by atoms with Gasteiger partial charge in [-0.2, -0.15) is 4.98 Å². The Morgan fingerprint density at radius 3 is 2.83 bits per heavy atom. The number of carbonyl (C=O) groups excluding carboxylic acids is 1. The standard InChI is InChI=1S/C12H14N4O2/c13-10(6-9-4-2-1-3-5-9)12(17)14-7-11-15-8-18-16-11/h1-5,8,10H,6-7,13H2,(H,14,17)/t10-/m1/s1. The van der Waals surface area contributed by atoms with Gasteiger partial charge in [0.1, 0.15) is 0 Å². The van der Waals surface area contributed by atoms with Crippen LogP contribution in [0.15, 0.2) is 41.2 Å². The van der Waals surface area contributed by atoms with E-state index in [1.54, 1.807) is 0 Å². The van der Waals surface area contributed by atoms with Crippen molar-refractivity contribution in [3.05, 3.63) is 48.1 Å². The second-order valence-corrected chi connectivity index (χ2v) is 3.86. The van der Waals surface area contributed by atoms with Crippen molar-refractivity contribution in [2.24, 2.45) is 5.73 Å². The summed E-state index contributed by atoms with van der Waals surface area (Å²) in [7, 11) is 0. The fourth-order valence-electron chi connectivity index (χ4n) is 1.53. The first-order chi connectivity index (χ1) is 8.75. The summed E-state index contributed by atoms with van der Waals surface area (Å²) in [6, 6.07) is 9.04. The Bertz CT molecular complexity index is 484. The van der Waals surface area contributed by atoms with E-state index in [1.165, 1.54) is 6.39 Å². The maximum Gasteiger partial charge on any atom is 0.237 e. The van der Waals surface area contributed by atoms with Gasteiger partial charge >= 0.3 is 0 Å². The van der Waals surface area contributed by atoms with Crippen molar-refractivity contribution in [3.8, 4) is 0 Å². The molecule has 2 aromatic rings. The maximum atomic E-state index is 11.7. The number of nitrogens with zero attached hydrogens (tertiary/aromatic N) is 2. The molecule has 0 aliphatic carbocycles. The van der Waals surface area contributed by atoms with E-state index in [4.69, 9.17) is 5.73 Å². The largest absolute Gasteiger partial charge is 0.347 e. The highest BCUT2D eigenvalue weighted by Crippen LogP contribution is 2.02.